The zero-order valence-electron chi connectivity index (χ0n) is 18.1. The molecule has 6 heteroatoms. The van der Waals surface area contributed by atoms with E-state index in [-0.39, 0.29) is 24.0 Å². The molecule has 1 aromatic carbocycles. The van der Waals surface area contributed by atoms with Crippen LogP contribution < -0.4 is 0 Å². The Kier molecular flexibility index (Phi) is 6.30. The minimum absolute atomic E-state index is 0.163. The van der Waals surface area contributed by atoms with E-state index in [4.69, 9.17) is 9.57 Å². The lowest BCUT2D eigenvalue weighted by Crippen LogP contribution is -2.44. The average Bonchev–Trinajstić information content (AvgIpc) is 3.18. The van der Waals surface area contributed by atoms with Crippen LogP contribution in [-0.4, -0.2) is 40.4 Å². The van der Waals surface area contributed by atoms with Gasteiger partial charge in [0.1, 0.15) is 11.7 Å². The molecule has 2 heterocycles. The van der Waals surface area contributed by atoms with Crippen LogP contribution in [0.5, 0.6) is 0 Å². The molecule has 0 N–H and O–H groups in total. The molecular formula is C23H32N2O4. The zero-order chi connectivity index (χ0) is 21.2. The third-order valence-corrected chi connectivity index (χ3v) is 5.23. The number of carbonyl (C=O) groups is 2. The normalized spacial score (nSPS) is 24.6. The fraction of sp³-hybridized carbons (Fsp3) is 0.609. The van der Waals surface area contributed by atoms with Crippen LogP contribution in [0.15, 0.2) is 35.5 Å². The number of rotatable bonds is 5. The van der Waals surface area contributed by atoms with Crippen LogP contribution in [0, 0.1) is 11.8 Å². The standard InChI is InChI=1S/C23H32N2O4/c1-15(2)11-18-14-19(21(26)25(18)22(27)28-23(3,4)5)20-13-17(24-29-20)12-16-9-7-6-8-10-16/h6-10,15,18-20H,11-14H2,1-5H3/t18-,19+,20+/m0/s1. The molecule has 158 valence electrons. The first kappa shape index (κ1) is 21.3. The first-order valence-electron chi connectivity index (χ1n) is 10.5. The van der Waals surface area contributed by atoms with E-state index in [2.05, 4.69) is 31.1 Å². The Balaban J connectivity index is 1.68. The van der Waals surface area contributed by atoms with Crippen LogP contribution in [0.25, 0.3) is 0 Å². The summed E-state index contributed by atoms with van der Waals surface area (Å²) in [6.07, 6.45) is 1.80. The van der Waals surface area contributed by atoms with Crippen molar-refractivity contribution >= 4 is 17.7 Å². The second-order valence-corrected chi connectivity index (χ2v) is 9.48. The van der Waals surface area contributed by atoms with Gasteiger partial charge in [-0.25, -0.2) is 9.69 Å². The van der Waals surface area contributed by atoms with Gasteiger partial charge in [0.05, 0.1) is 11.6 Å². The van der Waals surface area contributed by atoms with Crippen molar-refractivity contribution in [1.82, 2.24) is 4.90 Å². The molecular weight excluding hydrogens is 368 g/mol. The molecule has 0 unspecified atom stereocenters. The third-order valence-electron chi connectivity index (χ3n) is 5.23. The first-order valence-corrected chi connectivity index (χ1v) is 10.5. The molecule has 2 aliphatic heterocycles. The molecule has 0 radical (unpaired) electrons. The van der Waals surface area contributed by atoms with E-state index in [0.29, 0.717) is 25.2 Å². The Morgan fingerprint density at radius 3 is 2.59 bits per heavy atom. The van der Waals surface area contributed by atoms with E-state index in [1.807, 2.05) is 39.0 Å². The summed E-state index contributed by atoms with van der Waals surface area (Å²) in [7, 11) is 0. The molecule has 6 nitrogen and oxygen atoms in total. The molecule has 2 amide bonds. The lowest BCUT2D eigenvalue weighted by molar-refractivity contribution is -0.134. The number of likely N-dealkylation sites (tertiary alicyclic amines) is 1. The molecule has 0 aromatic heterocycles. The van der Waals surface area contributed by atoms with Gasteiger partial charge in [0.25, 0.3) is 0 Å². The number of amides is 2. The van der Waals surface area contributed by atoms with Gasteiger partial charge in [-0.15, -0.1) is 0 Å². The Labute approximate surface area is 173 Å². The monoisotopic (exact) mass is 400 g/mol. The highest BCUT2D eigenvalue weighted by atomic mass is 16.6. The van der Waals surface area contributed by atoms with Crippen LogP contribution in [0.4, 0.5) is 4.79 Å². The summed E-state index contributed by atoms with van der Waals surface area (Å²) in [5.74, 6) is -0.208. The molecule has 0 saturated carbocycles. The van der Waals surface area contributed by atoms with Crippen molar-refractivity contribution in [1.29, 1.82) is 0 Å². The van der Waals surface area contributed by atoms with E-state index in [1.54, 1.807) is 0 Å². The van der Waals surface area contributed by atoms with E-state index in [9.17, 15) is 9.59 Å². The number of hydrogen-bond donors (Lipinski definition) is 0. The first-order chi connectivity index (χ1) is 13.6. The maximum Gasteiger partial charge on any atom is 0.417 e. The fourth-order valence-electron chi connectivity index (χ4n) is 4.07. The van der Waals surface area contributed by atoms with E-state index in [0.717, 1.165) is 12.1 Å². The summed E-state index contributed by atoms with van der Waals surface area (Å²) >= 11 is 0. The fourth-order valence-corrected chi connectivity index (χ4v) is 4.07. The van der Waals surface area contributed by atoms with Gasteiger partial charge in [-0.3, -0.25) is 4.79 Å². The Bertz CT molecular complexity index is 767. The molecule has 0 spiro atoms. The molecule has 1 saturated heterocycles. The van der Waals surface area contributed by atoms with Crippen molar-refractivity contribution in [2.45, 2.75) is 78.0 Å². The molecule has 2 aliphatic rings. The number of ether oxygens (including phenoxy) is 1. The average molecular weight is 401 g/mol. The van der Waals surface area contributed by atoms with Crippen molar-refractivity contribution in [2.24, 2.45) is 17.0 Å². The number of nitrogens with zero attached hydrogens (tertiary/aromatic N) is 2. The summed E-state index contributed by atoms with van der Waals surface area (Å²) in [5, 5.41) is 4.24. The summed E-state index contributed by atoms with van der Waals surface area (Å²) in [5.41, 5.74) is 1.46. The SMILES string of the molecule is CC(C)C[C@H]1C[C@H]([C@H]2CC(Cc3ccccc3)=NO2)C(=O)N1C(=O)OC(C)(C)C. The molecule has 29 heavy (non-hydrogen) atoms. The molecule has 0 bridgehead atoms. The quantitative estimate of drug-likeness (QED) is 0.726. The smallest absolute Gasteiger partial charge is 0.417 e. The van der Waals surface area contributed by atoms with Crippen LogP contribution in [0.1, 0.15) is 59.4 Å². The van der Waals surface area contributed by atoms with Crippen molar-refractivity contribution in [3.05, 3.63) is 35.9 Å². The molecule has 3 atom stereocenters. The van der Waals surface area contributed by atoms with Gasteiger partial charge in [-0.2, -0.15) is 0 Å². The van der Waals surface area contributed by atoms with Gasteiger partial charge in [0, 0.05) is 18.9 Å². The summed E-state index contributed by atoms with van der Waals surface area (Å²) in [4.78, 5) is 32.9. The van der Waals surface area contributed by atoms with Gasteiger partial charge < -0.3 is 9.57 Å². The largest absolute Gasteiger partial charge is 0.443 e. The second-order valence-electron chi connectivity index (χ2n) is 9.48. The Morgan fingerprint density at radius 2 is 1.97 bits per heavy atom. The summed E-state index contributed by atoms with van der Waals surface area (Å²) < 4.78 is 5.51. The topological polar surface area (TPSA) is 68.2 Å². The summed E-state index contributed by atoms with van der Waals surface area (Å²) in [6, 6.07) is 9.93. The van der Waals surface area contributed by atoms with Crippen molar-refractivity contribution in [2.75, 3.05) is 0 Å². The highest BCUT2D eigenvalue weighted by Gasteiger charge is 2.49. The third kappa shape index (κ3) is 5.37. The molecule has 3 rings (SSSR count). The predicted molar refractivity (Wildman–Crippen MR) is 112 cm³/mol. The van der Waals surface area contributed by atoms with Crippen LogP contribution in [0.3, 0.4) is 0 Å². The maximum atomic E-state index is 13.2. The lowest BCUT2D eigenvalue weighted by Gasteiger charge is -2.28. The van der Waals surface area contributed by atoms with Crippen molar-refractivity contribution < 1.29 is 19.2 Å². The molecule has 0 aliphatic carbocycles. The van der Waals surface area contributed by atoms with Crippen LogP contribution >= 0.6 is 0 Å². The van der Waals surface area contributed by atoms with Gasteiger partial charge in [-0.1, -0.05) is 49.3 Å². The highest BCUT2D eigenvalue weighted by molar-refractivity contribution is 5.97. The van der Waals surface area contributed by atoms with Crippen LogP contribution in [0.2, 0.25) is 0 Å². The van der Waals surface area contributed by atoms with E-state index < -0.39 is 11.7 Å². The lowest BCUT2D eigenvalue weighted by atomic mass is 9.91. The Morgan fingerprint density at radius 1 is 1.28 bits per heavy atom. The van der Waals surface area contributed by atoms with Crippen molar-refractivity contribution in [3.8, 4) is 0 Å². The van der Waals surface area contributed by atoms with E-state index in [1.165, 1.54) is 10.5 Å². The summed E-state index contributed by atoms with van der Waals surface area (Å²) in [6.45, 7) is 9.62. The number of hydrogen-bond acceptors (Lipinski definition) is 5. The minimum atomic E-state index is -0.645. The van der Waals surface area contributed by atoms with Gasteiger partial charge in [0.2, 0.25) is 5.91 Å². The molecule has 1 fully saturated rings. The maximum absolute atomic E-state index is 13.2. The number of oxime groups is 1. The highest BCUT2D eigenvalue weighted by Crippen LogP contribution is 2.36. The van der Waals surface area contributed by atoms with Gasteiger partial charge >= 0.3 is 6.09 Å². The number of carbonyl (C=O) groups excluding carboxylic acids is 2. The van der Waals surface area contributed by atoms with Gasteiger partial charge in [-0.05, 0) is 45.1 Å². The molecule has 1 aromatic rings. The number of benzene rings is 1. The minimum Gasteiger partial charge on any atom is -0.443 e. The predicted octanol–water partition coefficient (Wildman–Crippen LogP) is 4.57. The van der Waals surface area contributed by atoms with Gasteiger partial charge in [0.15, 0.2) is 0 Å². The second kappa shape index (κ2) is 8.56. The van der Waals surface area contributed by atoms with Crippen molar-refractivity contribution in [3.63, 3.8) is 0 Å². The van der Waals surface area contributed by atoms with E-state index >= 15 is 0 Å². The van der Waals surface area contributed by atoms with Crippen LogP contribution in [-0.2, 0) is 20.8 Å². The number of imide groups is 1. The Hall–Kier alpha value is -2.37. The zero-order valence-corrected chi connectivity index (χ0v) is 18.1.